The van der Waals surface area contributed by atoms with Gasteiger partial charge in [0.2, 0.25) is 0 Å². The van der Waals surface area contributed by atoms with Crippen molar-refractivity contribution < 1.29 is 0 Å². The van der Waals surface area contributed by atoms with Crippen molar-refractivity contribution in [3.05, 3.63) is 52.2 Å². The number of rotatable bonds is 8. The summed E-state index contributed by atoms with van der Waals surface area (Å²) in [6.07, 6.45) is 2.39. The lowest BCUT2D eigenvalue weighted by Crippen LogP contribution is -2.31. The monoisotopic (exact) mass is 305 g/mol. The summed E-state index contributed by atoms with van der Waals surface area (Å²) >= 11 is 3.75. The van der Waals surface area contributed by atoms with Crippen LogP contribution in [-0.4, -0.2) is 18.3 Å². The van der Waals surface area contributed by atoms with Crippen LogP contribution < -0.4 is 5.32 Å². The summed E-state index contributed by atoms with van der Waals surface area (Å²) in [4.78, 5) is 1.37. The van der Waals surface area contributed by atoms with E-state index in [-0.39, 0.29) is 0 Å². The van der Waals surface area contributed by atoms with Gasteiger partial charge in [0.05, 0.1) is 0 Å². The predicted molar refractivity (Wildman–Crippen MR) is 92.0 cm³/mol. The van der Waals surface area contributed by atoms with Crippen molar-refractivity contribution in [3.8, 4) is 0 Å². The second-order valence-electron chi connectivity index (χ2n) is 5.05. The van der Waals surface area contributed by atoms with Gasteiger partial charge in [-0.25, -0.2) is 0 Å². The standard InChI is InChI=1S/C17H23NS2/c1-3-18-16(7-6-15-10-11-19-12-15)13-20-17-8-4-14(2)5-9-17/h4-5,8-12,16,18H,3,6-7,13H2,1-2H3. The molecule has 20 heavy (non-hydrogen) atoms. The Morgan fingerprint density at radius 1 is 1.20 bits per heavy atom. The molecule has 0 aliphatic heterocycles. The maximum Gasteiger partial charge on any atom is 0.0164 e. The fourth-order valence-electron chi connectivity index (χ4n) is 2.14. The lowest BCUT2D eigenvalue weighted by molar-refractivity contribution is 0.538. The SMILES string of the molecule is CCNC(CCc1ccsc1)CSc1ccc(C)cc1. The van der Waals surface area contributed by atoms with E-state index in [4.69, 9.17) is 0 Å². The Morgan fingerprint density at radius 3 is 2.65 bits per heavy atom. The van der Waals surface area contributed by atoms with Gasteiger partial charge in [0, 0.05) is 16.7 Å². The second-order valence-corrected chi connectivity index (χ2v) is 6.92. The van der Waals surface area contributed by atoms with Crippen LogP contribution in [0.25, 0.3) is 0 Å². The molecule has 1 atom stereocenters. The highest BCUT2D eigenvalue weighted by Gasteiger charge is 2.08. The molecule has 0 saturated heterocycles. The minimum Gasteiger partial charge on any atom is -0.313 e. The first kappa shape index (κ1) is 15.6. The summed E-state index contributed by atoms with van der Waals surface area (Å²) < 4.78 is 0. The van der Waals surface area contributed by atoms with Gasteiger partial charge in [-0.2, -0.15) is 11.3 Å². The van der Waals surface area contributed by atoms with E-state index >= 15 is 0 Å². The van der Waals surface area contributed by atoms with Gasteiger partial charge in [0.1, 0.15) is 0 Å². The fourth-order valence-corrected chi connectivity index (χ4v) is 3.85. The summed E-state index contributed by atoms with van der Waals surface area (Å²) in [7, 11) is 0. The second kappa shape index (κ2) is 8.50. The molecule has 0 spiro atoms. The molecule has 1 heterocycles. The zero-order chi connectivity index (χ0) is 14.2. The Morgan fingerprint density at radius 2 is 2.00 bits per heavy atom. The predicted octanol–water partition coefficient (Wildman–Crippen LogP) is 4.76. The molecule has 1 N–H and O–H groups in total. The number of benzene rings is 1. The zero-order valence-electron chi connectivity index (χ0n) is 12.3. The maximum atomic E-state index is 3.61. The van der Waals surface area contributed by atoms with Crippen molar-refractivity contribution in [3.63, 3.8) is 0 Å². The third-order valence-corrected chi connectivity index (χ3v) is 5.23. The van der Waals surface area contributed by atoms with Gasteiger partial charge in [-0.3, -0.25) is 0 Å². The van der Waals surface area contributed by atoms with E-state index < -0.39 is 0 Å². The summed E-state index contributed by atoms with van der Waals surface area (Å²) in [5, 5.41) is 8.03. The minimum atomic E-state index is 0.589. The van der Waals surface area contributed by atoms with Crippen molar-refractivity contribution in [2.24, 2.45) is 0 Å². The van der Waals surface area contributed by atoms with Crippen LogP contribution in [0.3, 0.4) is 0 Å². The Bertz CT molecular complexity index is 476. The van der Waals surface area contributed by atoms with Crippen LogP contribution in [0.5, 0.6) is 0 Å². The van der Waals surface area contributed by atoms with Crippen LogP contribution in [0.4, 0.5) is 0 Å². The average Bonchev–Trinajstić information content (AvgIpc) is 2.97. The van der Waals surface area contributed by atoms with Crippen LogP contribution in [0.1, 0.15) is 24.5 Å². The quantitative estimate of drug-likeness (QED) is 0.706. The molecule has 1 aromatic carbocycles. The fraction of sp³-hybridized carbons (Fsp3) is 0.412. The molecule has 3 heteroatoms. The van der Waals surface area contributed by atoms with Crippen LogP contribution >= 0.6 is 23.1 Å². The molecule has 0 aliphatic carbocycles. The Balaban J connectivity index is 1.80. The Labute approximate surface area is 130 Å². The van der Waals surface area contributed by atoms with Crippen LogP contribution in [0.2, 0.25) is 0 Å². The van der Waals surface area contributed by atoms with Gasteiger partial charge in [0.25, 0.3) is 0 Å². The molecule has 1 aromatic heterocycles. The first-order valence-corrected chi connectivity index (χ1v) is 9.14. The van der Waals surface area contributed by atoms with Crippen molar-refractivity contribution >= 4 is 23.1 Å². The number of thioether (sulfide) groups is 1. The molecule has 0 saturated carbocycles. The van der Waals surface area contributed by atoms with Crippen LogP contribution in [-0.2, 0) is 6.42 Å². The summed E-state index contributed by atoms with van der Waals surface area (Å²) in [5.74, 6) is 1.14. The molecule has 108 valence electrons. The maximum absolute atomic E-state index is 3.61. The van der Waals surface area contributed by atoms with E-state index in [2.05, 4.69) is 60.3 Å². The highest BCUT2D eigenvalue weighted by atomic mass is 32.2. The zero-order valence-corrected chi connectivity index (χ0v) is 13.9. The lowest BCUT2D eigenvalue weighted by Gasteiger charge is -2.17. The van der Waals surface area contributed by atoms with Gasteiger partial charge in [0.15, 0.2) is 0 Å². The average molecular weight is 306 g/mol. The largest absolute Gasteiger partial charge is 0.313 e. The van der Waals surface area contributed by atoms with E-state index in [1.165, 1.54) is 28.9 Å². The molecule has 0 bridgehead atoms. The summed E-state index contributed by atoms with van der Waals surface area (Å²) in [6, 6.07) is 11.7. The highest BCUT2D eigenvalue weighted by molar-refractivity contribution is 7.99. The number of aryl methyl sites for hydroxylation is 2. The summed E-state index contributed by atoms with van der Waals surface area (Å²) in [6.45, 7) is 5.37. The van der Waals surface area contributed by atoms with E-state index in [0.29, 0.717) is 6.04 Å². The topological polar surface area (TPSA) is 12.0 Å². The van der Waals surface area contributed by atoms with Crippen molar-refractivity contribution in [1.82, 2.24) is 5.32 Å². The van der Waals surface area contributed by atoms with Crippen LogP contribution in [0.15, 0.2) is 46.0 Å². The van der Waals surface area contributed by atoms with Gasteiger partial charge < -0.3 is 5.32 Å². The van der Waals surface area contributed by atoms with Crippen molar-refractivity contribution in [2.75, 3.05) is 12.3 Å². The smallest absolute Gasteiger partial charge is 0.0164 e. The number of nitrogens with one attached hydrogen (secondary N) is 1. The normalized spacial score (nSPS) is 12.5. The van der Waals surface area contributed by atoms with E-state index in [1.54, 1.807) is 11.3 Å². The highest BCUT2D eigenvalue weighted by Crippen LogP contribution is 2.21. The minimum absolute atomic E-state index is 0.589. The van der Waals surface area contributed by atoms with Gasteiger partial charge in [-0.15, -0.1) is 11.8 Å². The molecule has 2 aromatic rings. The number of hydrogen-bond donors (Lipinski definition) is 1. The molecule has 2 rings (SSSR count). The first-order valence-electron chi connectivity index (χ1n) is 7.22. The third kappa shape index (κ3) is 5.31. The lowest BCUT2D eigenvalue weighted by atomic mass is 10.1. The van der Waals surface area contributed by atoms with Crippen molar-refractivity contribution in [1.29, 1.82) is 0 Å². The number of thiophene rings is 1. The molecule has 0 fully saturated rings. The Kier molecular flexibility index (Phi) is 6.64. The molecule has 0 aliphatic rings. The van der Waals surface area contributed by atoms with E-state index in [1.807, 2.05) is 11.8 Å². The third-order valence-electron chi connectivity index (χ3n) is 3.33. The van der Waals surface area contributed by atoms with E-state index in [9.17, 15) is 0 Å². The molecular formula is C17H23NS2. The Hall–Kier alpha value is -0.770. The molecule has 0 amide bonds. The van der Waals surface area contributed by atoms with Gasteiger partial charge >= 0.3 is 0 Å². The molecule has 1 unspecified atom stereocenters. The molecule has 1 nitrogen and oxygen atoms in total. The molecular weight excluding hydrogens is 282 g/mol. The van der Waals surface area contributed by atoms with Crippen LogP contribution in [0, 0.1) is 6.92 Å². The first-order chi connectivity index (χ1) is 9.78. The van der Waals surface area contributed by atoms with Gasteiger partial charge in [-0.05, 0) is 60.8 Å². The van der Waals surface area contributed by atoms with E-state index in [0.717, 1.165) is 12.3 Å². The number of hydrogen-bond acceptors (Lipinski definition) is 3. The molecule has 0 radical (unpaired) electrons. The summed E-state index contributed by atoms with van der Waals surface area (Å²) in [5.41, 5.74) is 2.80. The van der Waals surface area contributed by atoms with Gasteiger partial charge in [-0.1, -0.05) is 24.6 Å². The van der Waals surface area contributed by atoms with Crippen molar-refractivity contribution in [2.45, 2.75) is 37.6 Å².